The molecule has 1 saturated heterocycles. The number of pyridine rings is 1. The van der Waals surface area contributed by atoms with Gasteiger partial charge >= 0.3 is 0 Å². The number of aliphatic imine (C=N–C) groups is 1. The number of aromatic nitrogens is 1. The molecule has 0 aromatic carbocycles. The van der Waals surface area contributed by atoms with Crippen LogP contribution in [0.25, 0.3) is 0 Å². The average molecular weight is 392 g/mol. The molecule has 0 amide bonds. The lowest BCUT2D eigenvalue weighted by Gasteiger charge is -2.30. The van der Waals surface area contributed by atoms with Crippen molar-refractivity contribution in [3.05, 3.63) is 23.9 Å². The van der Waals surface area contributed by atoms with Crippen LogP contribution in [0.1, 0.15) is 51.0 Å². The van der Waals surface area contributed by atoms with E-state index >= 15 is 0 Å². The second-order valence-corrected chi connectivity index (χ2v) is 9.45. The van der Waals surface area contributed by atoms with E-state index in [2.05, 4.69) is 37.6 Å². The van der Waals surface area contributed by atoms with Crippen molar-refractivity contribution >= 4 is 22.6 Å². The Labute approximate surface area is 165 Å². The zero-order chi connectivity index (χ0) is 19.1. The minimum atomic E-state index is -0.700. The second kappa shape index (κ2) is 10.1. The number of anilines is 1. The van der Waals surface area contributed by atoms with Crippen molar-refractivity contribution in [3.8, 4) is 0 Å². The molecule has 6 nitrogen and oxygen atoms in total. The topological polar surface area (TPSA) is 69.6 Å². The van der Waals surface area contributed by atoms with Crippen LogP contribution in [0.4, 0.5) is 5.82 Å². The molecule has 3 unspecified atom stereocenters. The van der Waals surface area contributed by atoms with Gasteiger partial charge < -0.3 is 15.5 Å². The van der Waals surface area contributed by atoms with E-state index in [1.807, 2.05) is 13.1 Å². The summed E-state index contributed by atoms with van der Waals surface area (Å²) in [4.78, 5) is 11.3. The number of nitrogens with one attached hydrogen (secondary N) is 2. The molecule has 3 rings (SSSR count). The Kier molecular flexibility index (Phi) is 7.50. The quantitative estimate of drug-likeness (QED) is 0.576. The average Bonchev–Trinajstić information content (AvgIpc) is 3.26. The van der Waals surface area contributed by atoms with Crippen molar-refractivity contribution in [2.24, 2.45) is 4.99 Å². The maximum Gasteiger partial charge on any atom is 0.191 e. The molecule has 3 atom stereocenters. The summed E-state index contributed by atoms with van der Waals surface area (Å²) in [7, 11) is 1.10. The van der Waals surface area contributed by atoms with Gasteiger partial charge in [0.1, 0.15) is 5.82 Å². The highest BCUT2D eigenvalue weighted by Gasteiger charge is 2.26. The van der Waals surface area contributed by atoms with E-state index in [1.165, 1.54) is 12.8 Å². The maximum absolute atomic E-state index is 12.1. The molecule has 1 aromatic heterocycles. The summed E-state index contributed by atoms with van der Waals surface area (Å²) in [5, 5.41) is 7.23. The Bertz CT molecular complexity index is 642. The van der Waals surface area contributed by atoms with Gasteiger partial charge in [-0.25, -0.2) is 4.98 Å². The summed E-state index contributed by atoms with van der Waals surface area (Å²) in [6.45, 7) is 4.94. The van der Waals surface area contributed by atoms with Gasteiger partial charge in [-0.3, -0.25) is 9.20 Å². The molecule has 0 bridgehead atoms. The van der Waals surface area contributed by atoms with Gasteiger partial charge in [-0.2, -0.15) is 0 Å². The Hall–Kier alpha value is -1.63. The van der Waals surface area contributed by atoms with Crippen molar-refractivity contribution in [3.63, 3.8) is 0 Å². The largest absolute Gasteiger partial charge is 0.357 e. The first-order valence-electron chi connectivity index (χ1n) is 10.2. The standard InChI is InChI=1S/C20H33N5OS/c1-3-27(26)18-8-6-7-17(13-18)24-20(21-2)23-15-16-9-10-19(22-14-16)25-11-4-5-12-25/h9-10,14,17-18H,3-8,11-13,15H2,1-2H3,(H2,21,23,24). The van der Waals surface area contributed by atoms with Gasteiger partial charge in [0.25, 0.3) is 0 Å². The molecule has 0 spiro atoms. The molecule has 2 fully saturated rings. The van der Waals surface area contributed by atoms with Crippen molar-refractivity contribution in [1.82, 2.24) is 15.6 Å². The maximum atomic E-state index is 12.1. The van der Waals surface area contributed by atoms with Crippen LogP contribution in [-0.2, 0) is 17.3 Å². The summed E-state index contributed by atoms with van der Waals surface area (Å²) in [5.41, 5.74) is 1.15. The number of nitrogens with zero attached hydrogens (tertiary/aromatic N) is 3. The van der Waals surface area contributed by atoms with Crippen LogP contribution in [0.3, 0.4) is 0 Å². The monoisotopic (exact) mass is 391 g/mol. The number of guanidine groups is 1. The minimum absolute atomic E-state index is 0.321. The normalized spacial score (nSPS) is 24.7. The molecule has 1 saturated carbocycles. The van der Waals surface area contributed by atoms with E-state index in [0.717, 1.165) is 61.9 Å². The SMILES string of the molecule is CCS(=O)C1CCCC(NC(=NC)NCc2ccc(N3CCCC3)nc2)C1. The number of rotatable bonds is 6. The zero-order valence-corrected chi connectivity index (χ0v) is 17.4. The van der Waals surface area contributed by atoms with Crippen LogP contribution < -0.4 is 15.5 Å². The Morgan fingerprint density at radius 2 is 2.11 bits per heavy atom. The molecule has 2 heterocycles. The summed E-state index contributed by atoms with van der Waals surface area (Å²) in [6.07, 6.45) is 8.78. The third-order valence-electron chi connectivity index (χ3n) is 5.55. The first-order chi connectivity index (χ1) is 13.2. The van der Waals surface area contributed by atoms with E-state index < -0.39 is 10.8 Å². The molecule has 150 valence electrons. The van der Waals surface area contributed by atoms with E-state index in [-0.39, 0.29) is 0 Å². The zero-order valence-electron chi connectivity index (χ0n) is 16.6. The fraction of sp³-hybridized carbons (Fsp3) is 0.700. The molecular weight excluding hydrogens is 358 g/mol. The molecule has 2 N–H and O–H groups in total. The van der Waals surface area contributed by atoms with Crippen LogP contribution in [0, 0.1) is 0 Å². The molecule has 27 heavy (non-hydrogen) atoms. The third-order valence-corrected chi connectivity index (χ3v) is 7.29. The lowest BCUT2D eigenvalue weighted by molar-refractivity contribution is 0.413. The van der Waals surface area contributed by atoms with Gasteiger partial charge in [0.05, 0.1) is 0 Å². The lowest BCUT2D eigenvalue weighted by Crippen LogP contribution is -2.46. The molecule has 1 aliphatic carbocycles. The van der Waals surface area contributed by atoms with Crippen LogP contribution >= 0.6 is 0 Å². The highest BCUT2D eigenvalue weighted by molar-refractivity contribution is 7.85. The van der Waals surface area contributed by atoms with Crippen molar-refractivity contribution in [1.29, 1.82) is 0 Å². The molecule has 0 radical (unpaired) electrons. The van der Waals surface area contributed by atoms with Gasteiger partial charge in [0.2, 0.25) is 0 Å². The van der Waals surface area contributed by atoms with Gasteiger partial charge in [0.15, 0.2) is 5.96 Å². The predicted octanol–water partition coefficient (Wildman–Crippen LogP) is 2.43. The van der Waals surface area contributed by atoms with Crippen molar-refractivity contribution in [2.75, 3.05) is 30.8 Å². The molecule has 1 aromatic rings. The first-order valence-corrected chi connectivity index (χ1v) is 11.6. The van der Waals surface area contributed by atoms with E-state index in [4.69, 9.17) is 0 Å². The van der Waals surface area contributed by atoms with Crippen LogP contribution in [0.5, 0.6) is 0 Å². The van der Waals surface area contributed by atoms with Crippen LogP contribution in [0.15, 0.2) is 23.3 Å². The second-order valence-electron chi connectivity index (χ2n) is 7.44. The molecule has 1 aliphatic heterocycles. The van der Waals surface area contributed by atoms with Crippen molar-refractivity contribution < 1.29 is 4.21 Å². The summed E-state index contributed by atoms with van der Waals surface area (Å²) >= 11 is 0. The Morgan fingerprint density at radius 3 is 2.78 bits per heavy atom. The fourth-order valence-electron chi connectivity index (χ4n) is 3.98. The highest BCUT2D eigenvalue weighted by Crippen LogP contribution is 2.23. The molecular formula is C20H33N5OS. The van der Waals surface area contributed by atoms with Gasteiger partial charge in [-0.05, 0) is 43.7 Å². The van der Waals surface area contributed by atoms with E-state index in [0.29, 0.717) is 17.8 Å². The van der Waals surface area contributed by atoms with Crippen LogP contribution in [-0.4, -0.2) is 52.3 Å². The summed E-state index contributed by atoms with van der Waals surface area (Å²) < 4.78 is 12.1. The highest BCUT2D eigenvalue weighted by atomic mass is 32.2. The Balaban J connectivity index is 1.48. The smallest absolute Gasteiger partial charge is 0.191 e. The van der Waals surface area contributed by atoms with Gasteiger partial charge in [-0.1, -0.05) is 19.4 Å². The number of hydrogen-bond donors (Lipinski definition) is 2. The lowest BCUT2D eigenvalue weighted by atomic mass is 9.95. The summed E-state index contributed by atoms with van der Waals surface area (Å²) in [5.74, 6) is 2.65. The molecule has 2 aliphatic rings. The Morgan fingerprint density at radius 1 is 1.30 bits per heavy atom. The molecule has 7 heteroatoms. The fourth-order valence-corrected chi connectivity index (χ4v) is 5.33. The predicted molar refractivity (Wildman–Crippen MR) is 114 cm³/mol. The first kappa shape index (κ1) is 20.1. The van der Waals surface area contributed by atoms with Crippen molar-refractivity contribution in [2.45, 2.75) is 63.3 Å². The van der Waals surface area contributed by atoms with E-state index in [9.17, 15) is 4.21 Å². The van der Waals surface area contributed by atoms with Crippen LogP contribution in [0.2, 0.25) is 0 Å². The van der Waals surface area contributed by atoms with E-state index in [1.54, 1.807) is 7.05 Å². The van der Waals surface area contributed by atoms with Gasteiger partial charge in [0, 0.05) is 60.7 Å². The minimum Gasteiger partial charge on any atom is -0.357 e. The number of hydrogen-bond acceptors (Lipinski definition) is 4. The van der Waals surface area contributed by atoms with Gasteiger partial charge in [-0.15, -0.1) is 0 Å². The summed E-state index contributed by atoms with van der Waals surface area (Å²) in [6, 6.07) is 4.60. The third kappa shape index (κ3) is 5.67.